The van der Waals surface area contributed by atoms with Crippen LogP contribution in [0.15, 0.2) is 45.6 Å². The zero-order valence-corrected chi connectivity index (χ0v) is 11.5. The molecule has 0 aliphatic heterocycles. The highest BCUT2D eigenvalue weighted by Gasteiger charge is 2.16. The molecule has 0 spiro atoms. The molecule has 0 amide bonds. The maximum atomic E-state index is 13.9. The molecule has 0 bridgehead atoms. The van der Waals surface area contributed by atoms with Gasteiger partial charge in [0, 0.05) is 12.6 Å². The summed E-state index contributed by atoms with van der Waals surface area (Å²) in [6, 6.07) is 9.07. The molecule has 0 unspecified atom stereocenters. The normalized spacial score (nSPS) is 11.0. The molecule has 0 fully saturated rings. The lowest BCUT2D eigenvalue weighted by Gasteiger charge is -2.04. The molecule has 0 radical (unpaired) electrons. The minimum atomic E-state index is -0.561. The maximum Gasteiger partial charge on any atom is 0.419 e. The summed E-state index contributed by atoms with van der Waals surface area (Å²) in [6.45, 7) is 1.75. The number of carbonyl (C=O) groups excluding carboxylic acids is 1. The van der Waals surface area contributed by atoms with Gasteiger partial charge in [-0.3, -0.25) is 9.36 Å². The Labute approximate surface area is 119 Å². The second-order valence-corrected chi connectivity index (χ2v) is 4.92. The van der Waals surface area contributed by atoms with E-state index in [4.69, 9.17) is 4.42 Å². The number of hydrogen-bond acceptors (Lipinski definition) is 3. The number of hydrogen-bond donors (Lipinski definition) is 0. The monoisotopic (exact) mass is 285 g/mol. The Hall–Kier alpha value is -2.69. The molecule has 0 saturated carbocycles. The summed E-state index contributed by atoms with van der Waals surface area (Å²) in [7, 11) is 1.58. The highest BCUT2D eigenvalue weighted by atomic mass is 19.1. The van der Waals surface area contributed by atoms with Gasteiger partial charge in [-0.25, -0.2) is 9.18 Å². The molecule has 2 aromatic carbocycles. The van der Waals surface area contributed by atoms with Crippen LogP contribution in [0.5, 0.6) is 0 Å². The molecule has 21 heavy (non-hydrogen) atoms. The van der Waals surface area contributed by atoms with Crippen molar-refractivity contribution in [1.82, 2.24) is 4.57 Å². The van der Waals surface area contributed by atoms with Crippen molar-refractivity contribution in [3.05, 3.63) is 69.5 Å². The standard InChI is InChI=1S/C16H12FNO3/c1-9-3-5-11(12(17)7-9)15(19)10-4-6-13-14(8-10)21-16(20)18(13)2/h3-8H,1-2H3. The molecule has 0 aliphatic rings. The minimum absolute atomic E-state index is 0.00164. The van der Waals surface area contributed by atoms with E-state index in [2.05, 4.69) is 0 Å². The Balaban J connectivity index is 2.11. The predicted molar refractivity (Wildman–Crippen MR) is 76.0 cm³/mol. The second-order valence-electron chi connectivity index (χ2n) is 4.92. The molecule has 0 saturated heterocycles. The van der Waals surface area contributed by atoms with E-state index < -0.39 is 17.4 Å². The summed E-state index contributed by atoms with van der Waals surface area (Å²) >= 11 is 0. The van der Waals surface area contributed by atoms with Crippen LogP contribution < -0.4 is 5.76 Å². The highest BCUT2D eigenvalue weighted by Crippen LogP contribution is 2.19. The molecule has 1 heterocycles. The lowest BCUT2D eigenvalue weighted by atomic mass is 10.0. The highest BCUT2D eigenvalue weighted by molar-refractivity contribution is 6.10. The van der Waals surface area contributed by atoms with E-state index in [1.165, 1.54) is 22.8 Å². The van der Waals surface area contributed by atoms with Crippen LogP contribution in [-0.2, 0) is 7.05 Å². The number of nitrogens with zero attached hydrogens (tertiary/aromatic N) is 1. The van der Waals surface area contributed by atoms with Crippen LogP contribution in [0, 0.1) is 12.7 Å². The van der Waals surface area contributed by atoms with Gasteiger partial charge in [0.2, 0.25) is 0 Å². The van der Waals surface area contributed by atoms with Gasteiger partial charge in [0.15, 0.2) is 11.4 Å². The van der Waals surface area contributed by atoms with Gasteiger partial charge in [-0.15, -0.1) is 0 Å². The molecule has 1 aromatic heterocycles. The molecule has 3 rings (SSSR count). The summed E-state index contributed by atoms with van der Waals surface area (Å²) in [5.74, 6) is -1.51. The first-order chi connectivity index (χ1) is 9.97. The van der Waals surface area contributed by atoms with Gasteiger partial charge in [-0.05, 0) is 42.8 Å². The third kappa shape index (κ3) is 2.16. The first-order valence-electron chi connectivity index (χ1n) is 6.38. The second kappa shape index (κ2) is 4.70. The fraction of sp³-hybridized carbons (Fsp3) is 0.125. The van der Waals surface area contributed by atoms with E-state index in [-0.39, 0.29) is 11.1 Å². The van der Waals surface area contributed by atoms with Gasteiger partial charge in [-0.2, -0.15) is 0 Å². The maximum absolute atomic E-state index is 13.9. The number of rotatable bonds is 2. The largest absolute Gasteiger partial charge is 0.419 e. The Morgan fingerprint density at radius 2 is 1.95 bits per heavy atom. The van der Waals surface area contributed by atoms with E-state index in [0.29, 0.717) is 11.1 Å². The van der Waals surface area contributed by atoms with Gasteiger partial charge in [0.05, 0.1) is 11.1 Å². The Morgan fingerprint density at radius 1 is 1.19 bits per heavy atom. The van der Waals surface area contributed by atoms with Crippen LogP contribution in [0.3, 0.4) is 0 Å². The summed E-state index contributed by atoms with van der Waals surface area (Å²) < 4.78 is 20.2. The number of benzene rings is 2. The van der Waals surface area contributed by atoms with Crippen LogP contribution in [0.2, 0.25) is 0 Å². The van der Waals surface area contributed by atoms with Gasteiger partial charge < -0.3 is 4.42 Å². The van der Waals surface area contributed by atoms with Gasteiger partial charge in [-0.1, -0.05) is 6.07 Å². The molecule has 0 aliphatic carbocycles. The topological polar surface area (TPSA) is 52.2 Å². The number of aryl methyl sites for hydroxylation is 2. The van der Waals surface area contributed by atoms with Crippen molar-refractivity contribution in [3.8, 4) is 0 Å². The van der Waals surface area contributed by atoms with Crippen LogP contribution >= 0.6 is 0 Å². The number of aromatic nitrogens is 1. The third-order valence-electron chi connectivity index (χ3n) is 3.42. The average Bonchev–Trinajstić information content (AvgIpc) is 2.73. The van der Waals surface area contributed by atoms with Crippen LogP contribution in [0.25, 0.3) is 11.1 Å². The predicted octanol–water partition coefficient (Wildman–Crippen LogP) is 2.81. The van der Waals surface area contributed by atoms with Crippen molar-refractivity contribution in [2.45, 2.75) is 6.92 Å². The molecule has 0 N–H and O–H groups in total. The first kappa shape index (κ1) is 13.3. The molecule has 5 heteroatoms. The lowest BCUT2D eigenvalue weighted by molar-refractivity contribution is 0.103. The van der Waals surface area contributed by atoms with E-state index in [9.17, 15) is 14.0 Å². The van der Waals surface area contributed by atoms with Crippen molar-refractivity contribution < 1.29 is 13.6 Å². The van der Waals surface area contributed by atoms with E-state index in [0.717, 1.165) is 5.56 Å². The summed E-state index contributed by atoms with van der Waals surface area (Å²) in [4.78, 5) is 23.8. The molecular formula is C16H12FNO3. The quantitative estimate of drug-likeness (QED) is 0.680. The number of fused-ring (bicyclic) bond motifs is 1. The fourth-order valence-corrected chi connectivity index (χ4v) is 2.23. The van der Waals surface area contributed by atoms with Crippen molar-refractivity contribution in [3.63, 3.8) is 0 Å². The van der Waals surface area contributed by atoms with E-state index >= 15 is 0 Å². The van der Waals surface area contributed by atoms with Gasteiger partial charge >= 0.3 is 5.76 Å². The number of ketones is 1. The summed E-state index contributed by atoms with van der Waals surface area (Å²) in [5.41, 5.74) is 1.91. The van der Waals surface area contributed by atoms with Gasteiger partial charge in [0.25, 0.3) is 0 Å². The summed E-state index contributed by atoms with van der Waals surface area (Å²) in [6.07, 6.45) is 0. The Morgan fingerprint density at radius 3 is 2.67 bits per heavy atom. The molecule has 106 valence electrons. The fourth-order valence-electron chi connectivity index (χ4n) is 2.23. The van der Waals surface area contributed by atoms with Crippen LogP contribution in [0.4, 0.5) is 4.39 Å². The molecule has 4 nitrogen and oxygen atoms in total. The van der Waals surface area contributed by atoms with Gasteiger partial charge in [0.1, 0.15) is 5.82 Å². The number of oxazole rings is 1. The van der Waals surface area contributed by atoms with Crippen molar-refractivity contribution >= 4 is 16.9 Å². The Bertz CT molecular complexity index is 921. The van der Waals surface area contributed by atoms with Crippen molar-refractivity contribution in [2.24, 2.45) is 7.05 Å². The first-order valence-corrected chi connectivity index (χ1v) is 6.38. The van der Waals surface area contributed by atoms with Crippen LogP contribution in [0.1, 0.15) is 21.5 Å². The number of halogens is 1. The van der Waals surface area contributed by atoms with Crippen LogP contribution in [-0.4, -0.2) is 10.4 Å². The molecule has 3 aromatic rings. The SMILES string of the molecule is Cc1ccc(C(=O)c2ccc3c(c2)oc(=O)n3C)c(F)c1. The molecule has 0 atom stereocenters. The van der Waals surface area contributed by atoms with E-state index in [1.807, 2.05) is 0 Å². The number of carbonyl (C=O) groups is 1. The summed E-state index contributed by atoms with van der Waals surface area (Å²) in [5, 5.41) is 0. The smallest absolute Gasteiger partial charge is 0.408 e. The third-order valence-corrected chi connectivity index (χ3v) is 3.42. The van der Waals surface area contributed by atoms with Crippen molar-refractivity contribution in [2.75, 3.05) is 0 Å². The molecular weight excluding hydrogens is 273 g/mol. The average molecular weight is 285 g/mol. The van der Waals surface area contributed by atoms with E-state index in [1.54, 1.807) is 32.2 Å². The lowest BCUT2D eigenvalue weighted by Crippen LogP contribution is -2.08. The van der Waals surface area contributed by atoms with Crippen molar-refractivity contribution in [1.29, 1.82) is 0 Å². The zero-order chi connectivity index (χ0) is 15.1. The minimum Gasteiger partial charge on any atom is -0.408 e. The zero-order valence-electron chi connectivity index (χ0n) is 11.5. The Kier molecular flexibility index (Phi) is 2.97.